The molecule has 1 saturated heterocycles. The summed E-state index contributed by atoms with van der Waals surface area (Å²) in [6, 6.07) is 10.7. The molecule has 1 unspecified atom stereocenters. The molecule has 0 radical (unpaired) electrons. The Hall–Kier alpha value is -2.30. The number of amides is 2. The van der Waals surface area contributed by atoms with Crippen LogP contribution in [0.15, 0.2) is 30.3 Å². The van der Waals surface area contributed by atoms with E-state index in [2.05, 4.69) is 36.1 Å². The standard InChI is InChI=1S/C19H26N4O/c1-14-12-18(20-17-10-6-5-9-16(14)17)23-11-7-8-15(13-23)22(4)19(24)21(2)3/h5-6,9-10,12,15H,7-8,11,13H2,1-4H3. The van der Waals surface area contributed by atoms with Gasteiger partial charge in [0, 0.05) is 39.6 Å². The Bertz CT molecular complexity index is 743. The summed E-state index contributed by atoms with van der Waals surface area (Å²) < 4.78 is 0. The molecule has 24 heavy (non-hydrogen) atoms. The fraction of sp³-hybridized carbons (Fsp3) is 0.474. The molecule has 2 aromatic rings. The number of pyridine rings is 1. The molecule has 1 aliphatic rings. The normalized spacial score (nSPS) is 17.8. The highest BCUT2D eigenvalue weighted by molar-refractivity contribution is 5.83. The summed E-state index contributed by atoms with van der Waals surface area (Å²) in [5, 5.41) is 1.20. The molecular weight excluding hydrogens is 300 g/mol. The highest BCUT2D eigenvalue weighted by Crippen LogP contribution is 2.25. The van der Waals surface area contributed by atoms with Crippen molar-refractivity contribution in [3.8, 4) is 0 Å². The zero-order valence-corrected chi connectivity index (χ0v) is 15.0. The van der Waals surface area contributed by atoms with Gasteiger partial charge in [0.15, 0.2) is 0 Å². The number of likely N-dealkylation sites (N-methyl/N-ethyl adjacent to an activating group) is 1. The third-order valence-electron chi connectivity index (χ3n) is 4.86. The van der Waals surface area contributed by atoms with E-state index < -0.39 is 0 Å². The minimum atomic E-state index is 0.0597. The maximum Gasteiger partial charge on any atom is 0.319 e. The summed E-state index contributed by atoms with van der Waals surface area (Å²) in [5.74, 6) is 1.02. The van der Waals surface area contributed by atoms with Crippen LogP contribution in [0.1, 0.15) is 18.4 Å². The van der Waals surface area contributed by atoms with Gasteiger partial charge in [-0.05, 0) is 37.5 Å². The van der Waals surface area contributed by atoms with E-state index in [1.165, 1.54) is 10.9 Å². The van der Waals surface area contributed by atoms with Crippen LogP contribution in [0.4, 0.5) is 10.6 Å². The fourth-order valence-electron chi connectivity index (χ4n) is 3.44. The second-order valence-corrected chi connectivity index (χ2v) is 6.84. The number of para-hydroxylation sites is 1. The zero-order valence-electron chi connectivity index (χ0n) is 15.0. The van der Waals surface area contributed by atoms with Crippen LogP contribution in [-0.2, 0) is 0 Å². The third-order valence-corrected chi connectivity index (χ3v) is 4.86. The molecule has 5 heteroatoms. The van der Waals surface area contributed by atoms with Crippen LogP contribution in [0.5, 0.6) is 0 Å². The van der Waals surface area contributed by atoms with Gasteiger partial charge in [0.2, 0.25) is 0 Å². The van der Waals surface area contributed by atoms with Crippen molar-refractivity contribution in [2.24, 2.45) is 0 Å². The molecule has 1 aliphatic heterocycles. The third kappa shape index (κ3) is 3.16. The number of hydrogen-bond donors (Lipinski definition) is 0. The number of piperidine rings is 1. The number of rotatable bonds is 2. The van der Waals surface area contributed by atoms with Crippen molar-refractivity contribution in [1.29, 1.82) is 0 Å². The van der Waals surface area contributed by atoms with E-state index in [1.54, 1.807) is 19.0 Å². The van der Waals surface area contributed by atoms with Crippen LogP contribution >= 0.6 is 0 Å². The van der Waals surface area contributed by atoms with Crippen molar-refractivity contribution in [1.82, 2.24) is 14.8 Å². The molecule has 0 saturated carbocycles. The highest BCUT2D eigenvalue weighted by Gasteiger charge is 2.27. The van der Waals surface area contributed by atoms with Crippen molar-refractivity contribution < 1.29 is 4.79 Å². The molecule has 2 amide bonds. The van der Waals surface area contributed by atoms with Crippen molar-refractivity contribution >= 4 is 22.8 Å². The number of carbonyl (C=O) groups is 1. The van der Waals surface area contributed by atoms with E-state index in [-0.39, 0.29) is 12.1 Å². The smallest absolute Gasteiger partial charge is 0.319 e. The Morgan fingerprint density at radius 1 is 1.25 bits per heavy atom. The summed E-state index contributed by atoms with van der Waals surface area (Å²) in [4.78, 5) is 22.9. The van der Waals surface area contributed by atoms with E-state index in [4.69, 9.17) is 4.98 Å². The number of hydrogen-bond acceptors (Lipinski definition) is 3. The second kappa shape index (κ2) is 6.67. The highest BCUT2D eigenvalue weighted by atomic mass is 16.2. The minimum absolute atomic E-state index is 0.0597. The number of aryl methyl sites for hydroxylation is 1. The largest absolute Gasteiger partial charge is 0.355 e. The zero-order chi connectivity index (χ0) is 17.3. The van der Waals surface area contributed by atoms with E-state index in [1.807, 2.05) is 18.0 Å². The van der Waals surface area contributed by atoms with Crippen LogP contribution in [0, 0.1) is 6.92 Å². The Morgan fingerprint density at radius 3 is 2.75 bits per heavy atom. The van der Waals surface area contributed by atoms with E-state index >= 15 is 0 Å². The Balaban J connectivity index is 1.83. The SMILES string of the molecule is Cc1cc(N2CCCC(N(C)C(=O)N(C)C)C2)nc2ccccc12. The van der Waals surface area contributed by atoms with Crippen LogP contribution < -0.4 is 4.90 Å². The Morgan fingerprint density at radius 2 is 2.00 bits per heavy atom. The lowest BCUT2D eigenvalue weighted by Crippen LogP contribution is -2.51. The topological polar surface area (TPSA) is 39.7 Å². The molecule has 0 N–H and O–H groups in total. The van der Waals surface area contributed by atoms with Crippen molar-refractivity contribution in [2.45, 2.75) is 25.8 Å². The molecule has 0 spiro atoms. The molecule has 128 valence electrons. The lowest BCUT2D eigenvalue weighted by Gasteiger charge is -2.39. The van der Waals surface area contributed by atoms with Crippen molar-refractivity contribution in [3.63, 3.8) is 0 Å². The summed E-state index contributed by atoms with van der Waals surface area (Å²) >= 11 is 0. The van der Waals surface area contributed by atoms with Gasteiger partial charge in [-0.3, -0.25) is 0 Å². The molecule has 0 bridgehead atoms. The van der Waals surface area contributed by atoms with E-state index in [0.717, 1.165) is 37.3 Å². The molecular formula is C19H26N4O. The summed E-state index contributed by atoms with van der Waals surface area (Å²) in [6.07, 6.45) is 2.11. The van der Waals surface area contributed by atoms with Gasteiger partial charge in [-0.25, -0.2) is 9.78 Å². The minimum Gasteiger partial charge on any atom is -0.355 e. The molecule has 1 fully saturated rings. The Kier molecular flexibility index (Phi) is 4.60. The van der Waals surface area contributed by atoms with Gasteiger partial charge in [0.05, 0.1) is 11.6 Å². The van der Waals surface area contributed by atoms with Crippen molar-refractivity contribution in [3.05, 3.63) is 35.9 Å². The van der Waals surface area contributed by atoms with E-state index in [0.29, 0.717) is 0 Å². The van der Waals surface area contributed by atoms with E-state index in [9.17, 15) is 4.79 Å². The number of anilines is 1. The van der Waals surface area contributed by atoms with Crippen LogP contribution in [0.3, 0.4) is 0 Å². The first kappa shape index (κ1) is 16.6. The average Bonchev–Trinajstić information content (AvgIpc) is 2.60. The van der Waals surface area contributed by atoms with Gasteiger partial charge in [0.1, 0.15) is 5.82 Å². The van der Waals surface area contributed by atoms with Crippen molar-refractivity contribution in [2.75, 3.05) is 39.1 Å². The maximum atomic E-state index is 12.2. The number of aromatic nitrogens is 1. The predicted octanol–water partition coefficient (Wildman–Crippen LogP) is 3.13. The van der Waals surface area contributed by atoms with Gasteiger partial charge in [-0.15, -0.1) is 0 Å². The van der Waals surface area contributed by atoms with Gasteiger partial charge >= 0.3 is 6.03 Å². The molecule has 1 atom stereocenters. The number of nitrogens with zero attached hydrogens (tertiary/aromatic N) is 4. The van der Waals surface area contributed by atoms with Gasteiger partial charge < -0.3 is 14.7 Å². The number of fused-ring (bicyclic) bond motifs is 1. The monoisotopic (exact) mass is 326 g/mol. The second-order valence-electron chi connectivity index (χ2n) is 6.84. The lowest BCUT2D eigenvalue weighted by molar-refractivity contribution is 0.157. The number of urea groups is 1. The first-order valence-corrected chi connectivity index (χ1v) is 8.53. The average molecular weight is 326 g/mol. The number of benzene rings is 1. The predicted molar refractivity (Wildman–Crippen MR) is 98.6 cm³/mol. The molecule has 1 aromatic heterocycles. The quantitative estimate of drug-likeness (QED) is 0.851. The molecule has 1 aromatic carbocycles. The Labute approximate surface area is 143 Å². The van der Waals surface area contributed by atoms with Gasteiger partial charge in [0.25, 0.3) is 0 Å². The van der Waals surface area contributed by atoms with Crippen LogP contribution in [0.2, 0.25) is 0 Å². The number of carbonyl (C=O) groups excluding carboxylic acids is 1. The summed E-state index contributed by atoms with van der Waals surface area (Å²) in [7, 11) is 5.50. The first-order valence-electron chi connectivity index (χ1n) is 8.53. The molecule has 2 heterocycles. The summed E-state index contributed by atoms with van der Waals surface area (Å²) in [6.45, 7) is 3.96. The fourth-order valence-corrected chi connectivity index (χ4v) is 3.44. The lowest BCUT2D eigenvalue weighted by atomic mass is 10.0. The maximum absolute atomic E-state index is 12.2. The molecule has 5 nitrogen and oxygen atoms in total. The first-order chi connectivity index (χ1) is 11.5. The van der Waals surface area contributed by atoms with Gasteiger partial charge in [-0.1, -0.05) is 18.2 Å². The molecule has 0 aliphatic carbocycles. The van der Waals surface area contributed by atoms with Crippen LogP contribution in [-0.4, -0.2) is 61.1 Å². The van der Waals surface area contributed by atoms with Crippen LogP contribution in [0.25, 0.3) is 10.9 Å². The molecule has 3 rings (SSSR count). The van der Waals surface area contributed by atoms with Gasteiger partial charge in [-0.2, -0.15) is 0 Å². The summed E-state index contributed by atoms with van der Waals surface area (Å²) in [5.41, 5.74) is 2.28.